The summed E-state index contributed by atoms with van der Waals surface area (Å²) in [6.45, 7) is 3.98. The van der Waals surface area contributed by atoms with Crippen LogP contribution in [0.1, 0.15) is 27.2 Å². The Morgan fingerprint density at radius 3 is 2.26 bits per heavy atom. The van der Waals surface area contributed by atoms with Crippen LogP contribution >= 0.6 is 0 Å². The molecule has 1 heterocycles. The Labute approximate surface area is 157 Å². The van der Waals surface area contributed by atoms with Crippen molar-refractivity contribution in [3.8, 4) is 0 Å². The molecule has 10 nitrogen and oxygen atoms in total. The van der Waals surface area contributed by atoms with E-state index in [1.165, 1.54) is 18.7 Å². The largest absolute Gasteiger partial charge is 0.466 e. The average Bonchev–Trinajstić information content (AvgIpc) is 2.78. The Hall–Kier alpha value is -2.46. The standard InChI is InChI=1S/C17H26N2O8/c1-5-11(20)8-18-15(24)17(2,3)19(16(18)25)9-12(21)10-27-14(23)7-6-13(22)26-4/h6-7,11-12,20-21H,5,8-10H2,1-4H3/b7-6+. The second-order valence-electron chi connectivity index (χ2n) is 6.57. The molecule has 1 saturated heterocycles. The summed E-state index contributed by atoms with van der Waals surface area (Å²) in [4.78, 5) is 49.4. The Balaban J connectivity index is 2.67. The summed E-state index contributed by atoms with van der Waals surface area (Å²) >= 11 is 0. The van der Waals surface area contributed by atoms with Crippen molar-refractivity contribution in [2.45, 2.75) is 44.9 Å². The SMILES string of the molecule is CCC(O)CN1C(=O)N(CC(O)COC(=O)/C=C/C(=O)OC)C(C)(C)C1=O. The van der Waals surface area contributed by atoms with Crippen LogP contribution in [0.4, 0.5) is 4.79 Å². The number of urea groups is 1. The zero-order valence-electron chi connectivity index (χ0n) is 15.9. The van der Waals surface area contributed by atoms with Crippen molar-refractivity contribution < 1.29 is 38.9 Å². The molecule has 27 heavy (non-hydrogen) atoms. The lowest BCUT2D eigenvalue weighted by molar-refractivity contribution is -0.142. The first-order valence-electron chi connectivity index (χ1n) is 8.47. The van der Waals surface area contributed by atoms with Gasteiger partial charge >= 0.3 is 18.0 Å². The third-order valence-electron chi connectivity index (χ3n) is 4.14. The van der Waals surface area contributed by atoms with Gasteiger partial charge in [0, 0.05) is 12.2 Å². The summed E-state index contributed by atoms with van der Waals surface area (Å²) in [6.07, 6.45) is 0.0293. The first-order chi connectivity index (χ1) is 12.5. The van der Waals surface area contributed by atoms with Gasteiger partial charge in [-0.25, -0.2) is 14.4 Å². The number of hydrogen-bond acceptors (Lipinski definition) is 8. The van der Waals surface area contributed by atoms with Crippen molar-refractivity contribution >= 4 is 23.9 Å². The lowest BCUT2D eigenvalue weighted by Gasteiger charge is -2.29. The highest BCUT2D eigenvalue weighted by Crippen LogP contribution is 2.28. The van der Waals surface area contributed by atoms with Gasteiger partial charge in [-0.05, 0) is 20.3 Å². The summed E-state index contributed by atoms with van der Waals surface area (Å²) < 4.78 is 9.11. The fourth-order valence-corrected chi connectivity index (χ4v) is 2.42. The summed E-state index contributed by atoms with van der Waals surface area (Å²) in [5, 5.41) is 19.8. The minimum atomic E-state index is -1.24. The number of nitrogens with zero attached hydrogens (tertiary/aromatic N) is 2. The van der Waals surface area contributed by atoms with E-state index in [1.54, 1.807) is 6.92 Å². The van der Waals surface area contributed by atoms with Crippen LogP contribution in [-0.2, 0) is 23.9 Å². The second-order valence-corrected chi connectivity index (χ2v) is 6.57. The zero-order valence-corrected chi connectivity index (χ0v) is 15.9. The number of esters is 2. The molecule has 0 aliphatic carbocycles. The van der Waals surface area contributed by atoms with Gasteiger partial charge in [-0.3, -0.25) is 9.69 Å². The van der Waals surface area contributed by atoms with Gasteiger partial charge in [0.1, 0.15) is 18.2 Å². The van der Waals surface area contributed by atoms with E-state index in [1.807, 2.05) is 0 Å². The average molecular weight is 386 g/mol. The van der Waals surface area contributed by atoms with Gasteiger partial charge < -0.3 is 24.6 Å². The number of β-amino-alcohol motifs (C(OH)–C–C–N with tert-alkyl or cyclic N) is 2. The Bertz CT molecular complexity index is 616. The van der Waals surface area contributed by atoms with Crippen molar-refractivity contribution in [2.75, 3.05) is 26.8 Å². The Morgan fingerprint density at radius 2 is 1.70 bits per heavy atom. The van der Waals surface area contributed by atoms with Crippen LogP contribution in [0.2, 0.25) is 0 Å². The maximum absolute atomic E-state index is 12.5. The number of ether oxygens (including phenoxy) is 2. The molecule has 1 aliphatic heterocycles. The summed E-state index contributed by atoms with van der Waals surface area (Å²) in [7, 11) is 1.15. The molecule has 3 amide bonds. The van der Waals surface area contributed by atoms with Gasteiger partial charge in [-0.2, -0.15) is 0 Å². The topological polar surface area (TPSA) is 134 Å². The van der Waals surface area contributed by atoms with Gasteiger partial charge in [0.05, 0.1) is 26.3 Å². The van der Waals surface area contributed by atoms with Crippen molar-refractivity contribution in [1.82, 2.24) is 9.80 Å². The first-order valence-corrected chi connectivity index (χ1v) is 8.47. The zero-order chi connectivity index (χ0) is 20.8. The fourth-order valence-electron chi connectivity index (χ4n) is 2.42. The van der Waals surface area contributed by atoms with Crippen molar-refractivity contribution in [2.24, 2.45) is 0 Å². The molecule has 2 atom stereocenters. The number of amides is 3. The second kappa shape index (κ2) is 9.47. The molecule has 1 aliphatic rings. The number of methoxy groups -OCH3 is 1. The van der Waals surface area contributed by atoms with Gasteiger partial charge in [0.25, 0.3) is 5.91 Å². The molecule has 0 aromatic carbocycles. The van der Waals surface area contributed by atoms with Crippen molar-refractivity contribution in [1.29, 1.82) is 0 Å². The third-order valence-corrected chi connectivity index (χ3v) is 4.14. The highest BCUT2D eigenvalue weighted by atomic mass is 16.5. The molecule has 2 N–H and O–H groups in total. The van der Waals surface area contributed by atoms with Crippen LogP contribution in [0.25, 0.3) is 0 Å². The predicted molar refractivity (Wildman–Crippen MR) is 92.3 cm³/mol. The first kappa shape index (κ1) is 22.6. The third kappa shape index (κ3) is 5.76. The molecular formula is C17H26N2O8. The van der Waals surface area contributed by atoms with Crippen LogP contribution in [0.15, 0.2) is 12.2 Å². The minimum absolute atomic E-state index is 0.127. The molecule has 0 aromatic rings. The van der Waals surface area contributed by atoms with Crippen molar-refractivity contribution in [3.63, 3.8) is 0 Å². The van der Waals surface area contributed by atoms with Gasteiger partial charge in [0.2, 0.25) is 0 Å². The number of hydrogen-bond donors (Lipinski definition) is 2. The number of carbonyl (C=O) groups excluding carboxylic acids is 4. The lowest BCUT2D eigenvalue weighted by Crippen LogP contribution is -2.48. The smallest absolute Gasteiger partial charge is 0.331 e. The number of imide groups is 1. The molecule has 0 radical (unpaired) electrons. The molecule has 0 aromatic heterocycles. The normalized spacial score (nSPS) is 18.7. The minimum Gasteiger partial charge on any atom is -0.466 e. The number of carbonyl (C=O) groups is 4. The highest BCUT2D eigenvalue weighted by molar-refractivity contribution is 6.06. The van der Waals surface area contributed by atoms with Crippen LogP contribution < -0.4 is 0 Å². The molecule has 10 heteroatoms. The van der Waals surface area contributed by atoms with Crippen LogP contribution in [-0.4, -0.2) is 88.4 Å². The van der Waals surface area contributed by atoms with E-state index in [0.29, 0.717) is 6.42 Å². The van der Waals surface area contributed by atoms with Crippen LogP contribution in [0.5, 0.6) is 0 Å². The maximum Gasteiger partial charge on any atom is 0.331 e. The van der Waals surface area contributed by atoms with E-state index in [9.17, 15) is 29.4 Å². The van der Waals surface area contributed by atoms with Crippen LogP contribution in [0, 0.1) is 0 Å². The summed E-state index contributed by atoms with van der Waals surface area (Å²) in [5.74, 6) is -2.08. The fraction of sp³-hybridized carbons (Fsp3) is 0.647. The lowest BCUT2D eigenvalue weighted by atomic mass is 10.0. The van der Waals surface area contributed by atoms with Gasteiger partial charge in [0.15, 0.2) is 0 Å². The molecular weight excluding hydrogens is 360 g/mol. The highest BCUT2D eigenvalue weighted by Gasteiger charge is 2.51. The Morgan fingerprint density at radius 1 is 1.11 bits per heavy atom. The molecule has 2 unspecified atom stereocenters. The van der Waals surface area contributed by atoms with E-state index in [0.717, 1.165) is 24.2 Å². The number of aliphatic hydroxyl groups is 2. The molecule has 0 saturated carbocycles. The van der Waals surface area contributed by atoms with E-state index in [2.05, 4.69) is 4.74 Å². The summed E-state index contributed by atoms with van der Waals surface area (Å²) in [5.41, 5.74) is -1.21. The van der Waals surface area contributed by atoms with E-state index in [-0.39, 0.29) is 13.1 Å². The number of aliphatic hydroxyl groups excluding tert-OH is 2. The molecule has 1 fully saturated rings. The summed E-state index contributed by atoms with van der Waals surface area (Å²) in [6, 6.07) is -0.631. The van der Waals surface area contributed by atoms with Gasteiger partial charge in [-0.1, -0.05) is 6.92 Å². The molecule has 0 bridgehead atoms. The van der Waals surface area contributed by atoms with Crippen LogP contribution in [0.3, 0.4) is 0 Å². The molecule has 0 spiro atoms. The molecule has 1 rings (SSSR count). The van der Waals surface area contributed by atoms with E-state index < -0.39 is 48.2 Å². The van der Waals surface area contributed by atoms with Crippen molar-refractivity contribution in [3.05, 3.63) is 12.2 Å². The quantitative estimate of drug-likeness (QED) is 0.306. The van der Waals surface area contributed by atoms with E-state index >= 15 is 0 Å². The molecule has 152 valence electrons. The predicted octanol–water partition coefficient (Wildman–Crippen LogP) is -0.567. The van der Waals surface area contributed by atoms with E-state index in [4.69, 9.17) is 4.74 Å². The maximum atomic E-state index is 12.5. The monoisotopic (exact) mass is 386 g/mol. The Kier molecular flexibility index (Phi) is 7.92. The van der Waals surface area contributed by atoms with Gasteiger partial charge in [-0.15, -0.1) is 0 Å². The number of rotatable bonds is 9.